The molecule has 23 heavy (non-hydrogen) atoms. The first-order valence-corrected chi connectivity index (χ1v) is 7.88. The Morgan fingerprint density at radius 3 is 2.65 bits per heavy atom. The van der Waals surface area contributed by atoms with Crippen LogP contribution in [0.1, 0.15) is 44.4 Å². The van der Waals surface area contributed by atoms with Gasteiger partial charge in [0, 0.05) is 24.8 Å². The van der Waals surface area contributed by atoms with E-state index >= 15 is 0 Å². The van der Waals surface area contributed by atoms with Gasteiger partial charge < -0.3 is 9.73 Å². The van der Waals surface area contributed by atoms with Crippen molar-refractivity contribution in [2.24, 2.45) is 0 Å². The van der Waals surface area contributed by atoms with Crippen LogP contribution in [0.15, 0.2) is 47.0 Å². The van der Waals surface area contributed by atoms with Gasteiger partial charge in [-0.1, -0.05) is 63.3 Å². The number of carbonyl (C=O) groups is 1. The predicted octanol–water partition coefficient (Wildman–Crippen LogP) is 3.73. The predicted molar refractivity (Wildman–Crippen MR) is 92.0 cm³/mol. The minimum atomic E-state index is -0.0598. The smallest absolute Gasteiger partial charge is 0.220 e. The lowest BCUT2D eigenvalue weighted by molar-refractivity contribution is -0.120. The number of rotatable bonds is 6. The van der Waals surface area contributed by atoms with Gasteiger partial charge in [-0.2, -0.15) is 0 Å². The Kier molecular flexibility index (Phi) is 5.74. The summed E-state index contributed by atoms with van der Waals surface area (Å²) in [4.78, 5) is 16.0. The summed E-state index contributed by atoms with van der Waals surface area (Å²) in [5.74, 6) is 1.46. The summed E-state index contributed by atoms with van der Waals surface area (Å²) in [5, 5.41) is 2.87. The number of aromatic nitrogens is 1. The molecule has 0 aliphatic carbocycles. The van der Waals surface area contributed by atoms with E-state index in [0.717, 1.165) is 11.3 Å². The summed E-state index contributed by atoms with van der Waals surface area (Å²) in [6, 6.07) is 10.00. The van der Waals surface area contributed by atoms with Crippen LogP contribution in [0.3, 0.4) is 0 Å². The third kappa shape index (κ3) is 5.74. The lowest BCUT2D eigenvalue weighted by Gasteiger charge is -2.13. The number of amides is 1. The van der Waals surface area contributed by atoms with Crippen molar-refractivity contribution in [2.45, 2.75) is 39.0 Å². The van der Waals surface area contributed by atoms with E-state index < -0.39 is 0 Å². The van der Waals surface area contributed by atoms with Crippen molar-refractivity contribution in [2.75, 3.05) is 6.54 Å². The molecule has 0 unspecified atom stereocenters. The molecule has 0 saturated carbocycles. The standard InChI is InChI=1S/C19H24N2O2/c1-19(2,3)16-14-21-18(23-16)12-11-17(22)20-13-7-10-15-8-5-4-6-9-15/h4-10,14H,11-13H2,1-3H3,(H,20,22)/b10-7+. The van der Waals surface area contributed by atoms with Crippen LogP contribution in [-0.2, 0) is 16.6 Å². The summed E-state index contributed by atoms with van der Waals surface area (Å²) in [7, 11) is 0. The normalized spacial score (nSPS) is 11.8. The minimum absolute atomic E-state index is 0.00165. The van der Waals surface area contributed by atoms with Gasteiger partial charge in [0.25, 0.3) is 0 Å². The fraction of sp³-hybridized carbons (Fsp3) is 0.368. The summed E-state index contributed by atoms with van der Waals surface area (Å²) in [6.45, 7) is 6.74. The molecule has 0 aliphatic rings. The van der Waals surface area contributed by atoms with Crippen molar-refractivity contribution in [3.05, 3.63) is 59.8 Å². The number of hydrogen-bond donors (Lipinski definition) is 1. The molecule has 1 heterocycles. The molecule has 0 saturated heterocycles. The van der Waals surface area contributed by atoms with Gasteiger partial charge in [0.15, 0.2) is 5.89 Å². The molecule has 1 N–H and O–H groups in total. The van der Waals surface area contributed by atoms with E-state index in [1.807, 2.05) is 42.5 Å². The molecule has 0 bridgehead atoms. The van der Waals surface area contributed by atoms with Crippen LogP contribution in [-0.4, -0.2) is 17.4 Å². The molecule has 4 heteroatoms. The van der Waals surface area contributed by atoms with Crippen molar-refractivity contribution in [1.29, 1.82) is 0 Å². The molecule has 0 aliphatic heterocycles. The Hall–Kier alpha value is -2.36. The van der Waals surface area contributed by atoms with Gasteiger partial charge in [0.05, 0.1) is 6.20 Å². The summed E-state index contributed by atoms with van der Waals surface area (Å²) in [6.07, 6.45) is 6.57. The van der Waals surface area contributed by atoms with Crippen LogP contribution >= 0.6 is 0 Å². The maximum atomic E-state index is 11.8. The fourth-order valence-corrected chi connectivity index (χ4v) is 2.01. The number of nitrogens with zero attached hydrogens (tertiary/aromatic N) is 1. The number of aryl methyl sites for hydroxylation is 1. The average Bonchev–Trinajstić information content (AvgIpc) is 3.00. The van der Waals surface area contributed by atoms with Gasteiger partial charge in [0.2, 0.25) is 5.91 Å². The first kappa shape index (κ1) is 17.0. The highest BCUT2D eigenvalue weighted by atomic mass is 16.4. The molecule has 1 aromatic carbocycles. The highest BCUT2D eigenvalue weighted by molar-refractivity contribution is 5.76. The van der Waals surface area contributed by atoms with E-state index in [4.69, 9.17) is 4.42 Å². The Morgan fingerprint density at radius 1 is 1.26 bits per heavy atom. The zero-order valence-electron chi connectivity index (χ0n) is 14.0. The second kappa shape index (κ2) is 7.77. The van der Waals surface area contributed by atoms with Crippen LogP contribution in [0, 0.1) is 0 Å². The first-order chi connectivity index (χ1) is 10.9. The zero-order chi connectivity index (χ0) is 16.7. The minimum Gasteiger partial charge on any atom is -0.445 e. The lowest BCUT2D eigenvalue weighted by atomic mass is 9.94. The largest absolute Gasteiger partial charge is 0.445 e. The number of hydrogen-bond acceptors (Lipinski definition) is 3. The Balaban J connectivity index is 1.71. The number of oxazole rings is 1. The van der Waals surface area contributed by atoms with Crippen LogP contribution in [0.4, 0.5) is 0 Å². The van der Waals surface area contributed by atoms with Crippen molar-refractivity contribution in [3.63, 3.8) is 0 Å². The topological polar surface area (TPSA) is 55.1 Å². The van der Waals surface area contributed by atoms with Gasteiger partial charge in [-0.3, -0.25) is 4.79 Å². The molecule has 1 aromatic heterocycles. The summed E-state index contributed by atoms with van der Waals surface area (Å²) >= 11 is 0. The average molecular weight is 312 g/mol. The van der Waals surface area contributed by atoms with E-state index in [1.165, 1.54) is 0 Å². The monoisotopic (exact) mass is 312 g/mol. The van der Waals surface area contributed by atoms with Crippen LogP contribution < -0.4 is 5.32 Å². The molecular weight excluding hydrogens is 288 g/mol. The van der Waals surface area contributed by atoms with Gasteiger partial charge in [-0.15, -0.1) is 0 Å². The maximum Gasteiger partial charge on any atom is 0.220 e. The number of carbonyl (C=O) groups excluding carboxylic acids is 1. The van der Waals surface area contributed by atoms with Gasteiger partial charge in [0.1, 0.15) is 5.76 Å². The summed E-state index contributed by atoms with van der Waals surface area (Å²) in [5.41, 5.74) is 1.06. The molecule has 2 aromatic rings. The van der Waals surface area contributed by atoms with Gasteiger partial charge >= 0.3 is 0 Å². The molecule has 0 spiro atoms. The number of benzene rings is 1. The van der Waals surface area contributed by atoms with E-state index in [2.05, 4.69) is 31.1 Å². The molecule has 1 amide bonds. The molecule has 2 rings (SSSR count). The number of nitrogens with one attached hydrogen (secondary N) is 1. The van der Waals surface area contributed by atoms with Crippen molar-refractivity contribution in [1.82, 2.24) is 10.3 Å². The highest BCUT2D eigenvalue weighted by Crippen LogP contribution is 2.22. The highest BCUT2D eigenvalue weighted by Gasteiger charge is 2.19. The third-order valence-electron chi connectivity index (χ3n) is 3.39. The Bertz CT molecular complexity index is 652. The maximum absolute atomic E-state index is 11.8. The van der Waals surface area contributed by atoms with Crippen molar-refractivity contribution < 1.29 is 9.21 Å². The quantitative estimate of drug-likeness (QED) is 0.884. The van der Waals surface area contributed by atoms with Crippen molar-refractivity contribution >= 4 is 12.0 Å². The first-order valence-electron chi connectivity index (χ1n) is 7.88. The van der Waals surface area contributed by atoms with E-state index in [0.29, 0.717) is 25.3 Å². The summed E-state index contributed by atoms with van der Waals surface area (Å²) < 4.78 is 5.68. The van der Waals surface area contributed by atoms with Crippen molar-refractivity contribution in [3.8, 4) is 0 Å². The zero-order valence-corrected chi connectivity index (χ0v) is 14.0. The molecule has 4 nitrogen and oxygen atoms in total. The van der Waals surface area contributed by atoms with Gasteiger partial charge in [-0.25, -0.2) is 4.98 Å². The molecular formula is C19H24N2O2. The Morgan fingerprint density at radius 2 is 2.00 bits per heavy atom. The molecule has 0 fully saturated rings. The fourth-order valence-electron chi connectivity index (χ4n) is 2.01. The second-order valence-electron chi connectivity index (χ2n) is 6.49. The van der Waals surface area contributed by atoms with E-state index in [1.54, 1.807) is 6.20 Å². The molecule has 0 atom stereocenters. The van der Waals surface area contributed by atoms with Crippen LogP contribution in [0.5, 0.6) is 0 Å². The molecule has 122 valence electrons. The SMILES string of the molecule is CC(C)(C)c1cnc(CCC(=O)NC/C=C/c2ccccc2)o1. The van der Waals surface area contributed by atoms with Gasteiger partial charge in [-0.05, 0) is 5.56 Å². The van der Waals surface area contributed by atoms with Crippen LogP contribution in [0.25, 0.3) is 6.08 Å². The molecule has 0 radical (unpaired) electrons. The second-order valence-corrected chi connectivity index (χ2v) is 6.49. The Labute approximate surface area is 137 Å². The van der Waals surface area contributed by atoms with E-state index in [-0.39, 0.29) is 11.3 Å². The lowest BCUT2D eigenvalue weighted by Crippen LogP contribution is -2.23. The van der Waals surface area contributed by atoms with Crippen LogP contribution in [0.2, 0.25) is 0 Å². The van der Waals surface area contributed by atoms with E-state index in [9.17, 15) is 4.79 Å². The third-order valence-corrected chi connectivity index (χ3v) is 3.39.